The molecule has 0 radical (unpaired) electrons. The molecule has 1 heterocycles. The highest BCUT2D eigenvalue weighted by atomic mass is 35.5. The van der Waals surface area contributed by atoms with E-state index in [0.29, 0.717) is 47.8 Å². The summed E-state index contributed by atoms with van der Waals surface area (Å²) in [5.41, 5.74) is 1.32. The molecule has 2 aromatic carbocycles. The van der Waals surface area contributed by atoms with Crippen molar-refractivity contribution in [1.82, 2.24) is 19.6 Å². The molecule has 39 heavy (non-hydrogen) atoms. The Balaban J connectivity index is 1.80. The maximum atomic E-state index is 14.8. The summed E-state index contributed by atoms with van der Waals surface area (Å²) in [4.78, 5) is 26.8. The van der Waals surface area contributed by atoms with E-state index < -0.39 is 51.3 Å². The normalized spacial score (nSPS) is 14.2. The van der Waals surface area contributed by atoms with Crippen molar-refractivity contribution in [3.63, 3.8) is 0 Å². The summed E-state index contributed by atoms with van der Waals surface area (Å²) in [5, 5.41) is 9.30. The van der Waals surface area contributed by atoms with Crippen molar-refractivity contribution in [2.45, 2.75) is 4.90 Å². The van der Waals surface area contributed by atoms with E-state index in [1.54, 1.807) is 0 Å². The van der Waals surface area contributed by atoms with Crippen molar-refractivity contribution in [2.24, 2.45) is 0 Å². The average molecular weight is 589 g/mol. The number of halogens is 3. The maximum absolute atomic E-state index is 14.8. The van der Waals surface area contributed by atoms with Crippen molar-refractivity contribution >= 4 is 33.4 Å². The number of ether oxygens (including phenoxy) is 2. The molecule has 11 nitrogen and oxygen atoms in total. The van der Waals surface area contributed by atoms with Crippen LogP contribution in [0.5, 0.6) is 11.5 Å². The number of carbonyl (C=O) groups excluding carboxylic acids is 2. The summed E-state index contributed by atoms with van der Waals surface area (Å²) in [6, 6.07) is 6.70. The molecular formula is C24H27ClF2N4O7S. The second kappa shape index (κ2) is 13.8. The van der Waals surface area contributed by atoms with E-state index in [-0.39, 0.29) is 24.7 Å². The Hall–Kier alpha value is -3.14. The average Bonchev–Trinajstić information content (AvgIpc) is 2.91. The number of hydrogen-bond donors (Lipinski definition) is 2. The lowest BCUT2D eigenvalue weighted by molar-refractivity contribution is -0.131. The molecule has 0 aliphatic carbocycles. The van der Waals surface area contributed by atoms with Gasteiger partial charge in [0.05, 0.1) is 31.2 Å². The first-order valence-electron chi connectivity index (χ1n) is 11.6. The Morgan fingerprint density at radius 3 is 2.33 bits per heavy atom. The third-order valence-electron chi connectivity index (χ3n) is 5.68. The summed E-state index contributed by atoms with van der Waals surface area (Å²) in [6.07, 6.45) is 1.21. The number of carbonyl (C=O) groups is 2. The molecule has 0 spiro atoms. The molecular weight excluding hydrogens is 562 g/mol. The van der Waals surface area contributed by atoms with Crippen LogP contribution in [0.25, 0.3) is 0 Å². The van der Waals surface area contributed by atoms with Gasteiger partial charge in [-0.25, -0.2) is 22.7 Å². The van der Waals surface area contributed by atoms with Gasteiger partial charge >= 0.3 is 0 Å². The van der Waals surface area contributed by atoms with E-state index in [0.717, 1.165) is 0 Å². The molecule has 1 aliphatic heterocycles. The first kappa shape index (κ1) is 30.4. The van der Waals surface area contributed by atoms with Crippen LogP contribution in [0.3, 0.4) is 0 Å². The Labute approximate surface area is 229 Å². The van der Waals surface area contributed by atoms with Gasteiger partial charge in [-0.15, -0.1) is 0 Å². The van der Waals surface area contributed by atoms with Gasteiger partial charge in [0.2, 0.25) is 15.9 Å². The molecule has 0 bridgehead atoms. The summed E-state index contributed by atoms with van der Waals surface area (Å²) in [6.45, 7) is 4.06. The molecule has 3 rings (SSSR count). The number of benzene rings is 2. The third-order valence-corrected chi connectivity index (χ3v) is 7.76. The van der Waals surface area contributed by atoms with Crippen LogP contribution in [-0.4, -0.2) is 92.0 Å². The zero-order valence-corrected chi connectivity index (χ0v) is 22.3. The van der Waals surface area contributed by atoms with Gasteiger partial charge in [-0.1, -0.05) is 18.2 Å². The topological polar surface area (TPSA) is 129 Å². The second-order valence-electron chi connectivity index (χ2n) is 8.30. The van der Waals surface area contributed by atoms with Gasteiger partial charge in [-0.2, -0.15) is 4.31 Å². The predicted molar refractivity (Wildman–Crippen MR) is 136 cm³/mol. The van der Waals surface area contributed by atoms with Crippen molar-refractivity contribution in [1.29, 1.82) is 0 Å². The Morgan fingerprint density at radius 2 is 1.77 bits per heavy atom. The summed E-state index contributed by atoms with van der Waals surface area (Å²) >= 11 is 5.79. The first-order valence-corrected chi connectivity index (χ1v) is 13.4. The van der Waals surface area contributed by atoms with Crippen LogP contribution in [0.1, 0.15) is 0 Å². The Kier molecular flexibility index (Phi) is 10.7. The minimum Gasteiger partial charge on any atom is -0.451 e. The van der Waals surface area contributed by atoms with E-state index in [9.17, 15) is 26.8 Å². The first-order chi connectivity index (χ1) is 18.5. The van der Waals surface area contributed by atoms with Crippen molar-refractivity contribution in [3.05, 3.63) is 65.8 Å². The van der Waals surface area contributed by atoms with Gasteiger partial charge < -0.3 is 14.4 Å². The maximum Gasteiger partial charge on any atom is 0.258 e. The molecule has 15 heteroatoms. The zero-order valence-electron chi connectivity index (χ0n) is 20.7. The second-order valence-corrected chi connectivity index (χ2v) is 10.7. The van der Waals surface area contributed by atoms with Crippen LogP contribution in [0, 0.1) is 11.6 Å². The molecule has 2 N–H and O–H groups in total. The van der Waals surface area contributed by atoms with Crippen LogP contribution < -0.4 is 10.2 Å². The predicted octanol–water partition coefficient (Wildman–Crippen LogP) is 2.21. The number of nitrogens with zero attached hydrogens (tertiary/aromatic N) is 3. The molecule has 2 amide bonds. The van der Waals surface area contributed by atoms with Crippen molar-refractivity contribution in [2.75, 3.05) is 52.5 Å². The van der Waals surface area contributed by atoms with Crippen LogP contribution in [0.4, 0.5) is 8.78 Å². The van der Waals surface area contributed by atoms with Crippen molar-refractivity contribution < 1.29 is 41.5 Å². The van der Waals surface area contributed by atoms with Gasteiger partial charge in [0.25, 0.3) is 5.91 Å². The van der Waals surface area contributed by atoms with E-state index >= 15 is 0 Å². The van der Waals surface area contributed by atoms with Gasteiger partial charge in [-0.05, 0) is 42.6 Å². The smallest absolute Gasteiger partial charge is 0.258 e. The van der Waals surface area contributed by atoms with Crippen LogP contribution in [0.15, 0.2) is 54.1 Å². The lowest BCUT2D eigenvalue weighted by Crippen LogP contribution is -2.46. The number of sulfonamides is 1. The number of hydroxylamine groups is 1. The summed E-state index contributed by atoms with van der Waals surface area (Å²) < 4.78 is 67.3. The molecule has 1 fully saturated rings. The molecule has 212 valence electrons. The highest BCUT2D eigenvalue weighted by molar-refractivity contribution is 7.89. The third kappa shape index (κ3) is 8.17. The molecule has 0 aromatic heterocycles. The monoisotopic (exact) mass is 588 g/mol. The SMILES string of the molecule is C=CN(CCN(CC(=O)NO)S(=O)(=O)c1cc(F)c(Oc2ccc(Cl)cc2)c(F)c1)C(=O)CN1CCOCC1. The number of nitrogens with one attached hydrogen (secondary N) is 1. The number of hydrogen-bond acceptors (Lipinski definition) is 8. The summed E-state index contributed by atoms with van der Waals surface area (Å²) in [5.74, 6) is -4.90. The largest absolute Gasteiger partial charge is 0.451 e. The van der Waals surface area contributed by atoms with Crippen molar-refractivity contribution in [3.8, 4) is 11.5 Å². The van der Waals surface area contributed by atoms with Gasteiger partial charge in [-0.3, -0.25) is 19.7 Å². The lowest BCUT2D eigenvalue weighted by Gasteiger charge is -2.29. The minimum absolute atomic E-state index is 0.0325. The molecule has 0 unspecified atom stereocenters. The van der Waals surface area contributed by atoms with Gasteiger partial charge in [0, 0.05) is 31.2 Å². The molecule has 2 aromatic rings. The highest BCUT2D eigenvalue weighted by Crippen LogP contribution is 2.31. The van der Waals surface area contributed by atoms with E-state index in [4.69, 9.17) is 26.3 Å². The Morgan fingerprint density at radius 1 is 1.15 bits per heavy atom. The van der Waals surface area contributed by atoms with Gasteiger partial charge in [0.15, 0.2) is 17.4 Å². The fraction of sp³-hybridized carbons (Fsp3) is 0.333. The Bertz CT molecular complexity index is 1270. The number of rotatable bonds is 12. The lowest BCUT2D eigenvalue weighted by atomic mass is 10.3. The van der Waals surface area contributed by atoms with Crippen LogP contribution in [0.2, 0.25) is 5.02 Å². The standard InChI is InChI=1S/C24H27ClF2N4O7S/c1-2-30(23(33)16-29-9-11-37-12-10-29)7-8-31(15-22(32)28-34)39(35,36)19-13-20(26)24(21(27)14-19)38-18-5-3-17(25)4-6-18/h2-6,13-14,34H,1,7-12,15-16H2,(H,28,32). The quantitative estimate of drug-likeness (QED) is 0.285. The number of morpholine rings is 1. The zero-order chi connectivity index (χ0) is 28.6. The fourth-order valence-corrected chi connectivity index (χ4v) is 5.15. The minimum atomic E-state index is -4.69. The molecule has 1 saturated heterocycles. The fourth-order valence-electron chi connectivity index (χ4n) is 3.61. The van der Waals surface area contributed by atoms with E-state index in [2.05, 4.69) is 6.58 Å². The summed E-state index contributed by atoms with van der Waals surface area (Å²) in [7, 11) is -4.69. The highest BCUT2D eigenvalue weighted by Gasteiger charge is 2.30. The molecule has 0 saturated carbocycles. The molecule has 0 atom stereocenters. The van der Waals surface area contributed by atoms with E-state index in [1.165, 1.54) is 40.8 Å². The molecule has 1 aliphatic rings. The van der Waals surface area contributed by atoms with E-state index in [1.807, 2.05) is 4.90 Å². The van der Waals surface area contributed by atoms with Crippen LogP contribution >= 0.6 is 11.6 Å². The van der Waals surface area contributed by atoms with Gasteiger partial charge in [0.1, 0.15) is 5.75 Å². The van der Waals surface area contributed by atoms with Crippen LogP contribution in [-0.2, 0) is 24.3 Å². The number of amides is 2.